The minimum Gasteiger partial charge on any atom is -0.455 e. The van der Waals surface area contributed by atoms with Gasteiger partial charge in [0.1, 0.15) is 11.3 Å². The Labute approximate surface area is 233 Å². The van der Waals surface area contributed by atoms with Crippen LogP contribution in [0.1, 0.15) is 52.5 Å². The van der Waals surface area contributed by atoms with Gasteiger partial charge in [-0.05, 0) is 59.0 Å². The molecule has 6 nitrogen and oxygen atoms in total. The first-order chi connectivity index (χ1) is 19.4. The van der Waals surface area contributed by atoms with Gasteiger partial charge in [0.25, 0.3) is 11.8 Å². The number of allylic oxidation sites excluding steroid dienone is 2. The van der Waals surface area contributed by atoms with Crippen LogP contribution in [0.2, 0.25) is 0 Å². The molecule has 1 aliphatic carbocycles. The minimum atomic E-state index is -0.280. The topological polar surface area (TPSA) is 91.6 Å². The molecule has 3 N–H and O–H groups in total. The first-order valence-electron chi connectivity index (χ1n) is 13.5. The highest BCUT2D eigenvalue weighted by Gasteiger charge is 2.22. The van der Waals surface area contributed by atoms with E-state index >= 15 is 0 Å². The first kappa shape index (κ1) is 26.9. The zero-order valence-corrected chi connectivity index (χ0v) is 22.7. The van der Waals surface area contributed by atoms with Crippen molar-refractivity contribution in [1.29, 1.82) is 0 Å². The molecule has 0 bridgehead atoms. The number of carbonyl (C=O) groups is 2. The van der Waals surface area contributed by atoms with E-state index in [9.17, 15) is 14.7 Å². The quantitative estimate of drug-likeness (QED) is 0.214. The van der Waals surface area contributed by atoms with E-state index in [1.807, 2.05) is 73.7 Å². The fourth-order valence-electron chi connectivity index (χ4n) is 4.72. The third kappa shape index (κ3) is 5.69. The van der Waals surface area contributed by atoms with Gasteiger partial charge in [-0.25, -0.2) is 0 Å². The largest absolute Gasteiger partial charge is 0.455 e. The Balaban J connectivity index is 1.49. The Hall–Kier alpha value is -4.64. The lowest BCUT2D eigenvalue weighted by atomic mass is 9.98. The summed E-state index contributed by atoms with van der Waals surface area (Å²) in [5.41, 5.74) is 10.6. The predicted octanol–water partition coefficient (Wildman–Crippen LogP) is 6.52. The van der Waals surface area contributed by atoms with Crippen molar-refractivity contribution >= 4 is 28.9 Å². The molecule has 5 rings (SSSR count). The average Bonchev–Trinajstić information content (AvgIpc) is 3.56. The van der Waals surface area contributed by atoms with Crippen LogP contribution in [0.5, 0.6) is 0 Å². The predicted molar refractivity (Wildman–Crippen MR) is 159 cm³/mol. The summed E-state index contributed by atoms with van der Waals surface area (Å²) in [4.78, 5) is 25.9. The summed E-state index contributed by atoms with van der Waals surface area (Å²) in [7, 11) is 1.60. The molecule has 1 atom stereocenters. The Morgan fingerprint density at radius 2 is 1.77 bits per heavy atom. The standard InChI is InChI=1S/C34H32N2O4/c1-4-6-28(20-37)36-33(38)27-8-5-7-25(18-27)26-15-16-30-29(19-26)31(34(39)35-3)32(40-30)23-12-9-22(10-13-23)11-14-24-17-21(24)2/h5,7-13,15-16,18-19,28,37H,2,4,6,17,20H2,1,3H3,(H,35,39)(H,36,38). The number of hydrogen-bond acceptors (Lipinski definition) is 4. The maximum Gasteiger partial charge on any atom is 0.255 e. The second-order valence-corrected chi connectivity index (χ2v) is 9.99. The molecule has 1 fully saturated rings. The summed E-state index contributed by atoms with van der Waals surface area (Å²) in [6.45, 7) is 5.84. The highest BCUT2D eigenvalue weighted by molar-refractivity contribution is 6.12. The lowest BCUT2D eigenvalue weighted by Gasteiger charge is -2.15. The maximum atomic E-state index is 13.1. The average molecular weight is 533 g/mol. The van der Waals surface area contributed by atoms with E-state index in [1.165, 1.54) is 0 Å². The number of benzene rings is 3. The van der Waals surface area contributed by atoms with Crippen LogP contribution in [-0.2, 0) is 0 Å². The maximum absolute atomic E-state index is 13.1. The van der Waals surface area contributed by atoms with Crippen molar-refractivity contribution in [3.8, 4) is 22.5 Å². The fraction of sp³-hybridized carbons (Fsp3) is 0.206. The molecule has 202 valence electrons. The highest BCUT2D eigenvalue weighted by Crippen LogP contribution is 2.37. The number of rotatable bonds is 9. The van der Waals surface area contributed by atoms with Crippen LogP contribution in [0.4, 0.5) is 0 Å². The van der Waals surface area contributed by atoms with E-state index in [-0.39, 0.29) is 24.5 Å². The van der Waals surface area contributed by atoms with Gasteiger partial charge in [0, 0.05) is 35.6 Å². The molecule has 3 aromatic carbocycles. The molecule has 0 radical (unpaired) electrons. The molecular formula is C34H32N2O4. The number of fused-ring (bicyclic) bond motifs is 1. The Bertz CT molecular complexity index is 1670. The van der Waals surface area contributed by atoms with Crippen molar-refractivity contribution in [2.24, 2.45) is 0 Å². The van der Waals surface area contributed by atoms with E-state index in [4.69, 9.17) is 4.42 Å². The third-order valence-electron chi connectivity index (χ3n) is 7.07. The number of hydrogen-bond donors (Lipinski definition) is 3. The van der Waals surface area contributed by atoms with Crippen molar-refractivity contribution in [1.82, 2.24) is 10.6 Å². The number of aliphatic hydroxyl groups is 1. The summed E-state index contributed by atoms with van der Waals surface area (Å²) >= 11 is 0. The normalized spacial score (nSPS) is 13.1. The number of furan rings is 1. The van der Waals surface area contributed by atoms with E-state index < -0.39 is 0 Å². The second-order valence-electron chi connectivity index (χ2n) is 9.99. The molecule has 0 spiro atoms. The second kappa shape index (κ2) is 11.6. The molecule has 40 heavy (non-hydrogen) atoms. The number of amides is 2. The first-order valence-corrected chi connectivity index (χ1v) is 13.5. The molecule has 1 aliphatic rings. The van der Waals surface area contributed by atoms with Gasteiger partial charge in [-0.3, -0.25) is 9.59 Å². The molecule has 1 saturated carbocycles. The van der Waals surface area contributed by atoms with E-state index in [1.54, 1.807) is 13.1 Å². The Morgan fingerprint density at radius 1 is 1.05 bits per heavy atom. The fourth-order valence-corrected chi connectivity index (χ4v) is 4.72. The summed E-state index contributed by atoms with van der Waals surface area (Å²) in [6, 6.07) is 20.5. The lowest BCUT2D eigenvalue weighted by Crippen LogP contribution is -2.37. The molecular weight excluding hydrogens is 500 g/mol. The van der Waals surface area contributed by atoms with Crippen LogP contribution in [0.15, 0.2) is 94.6 Å². The van der Waals surface area contributed by atoms with E-state index in [2.05, 4.69) is 22.9 Å². The molecule has 6 heteroatoms. The van der Waals surface area contributed by atoms with Gasteiger partial charge in [-0.2, -0.15) is 0 Å². The molecule has 2 amide bonds. The van der Waals surface area contributed by atoms with Crippen LogP contribution in [0, 0.1) is 0 Å². The van der Waals surface area contributed by atoms with Gasteiger partial charge in [0.05, 0.1) is 18.2 Å². The lowest BCUT2D eigenvalue weighted by molar-refractivity contribution is 0.0912. The summed E-state index contributed by atoms with van der Waals surface area (Å²) in [6.07, 6.45) is 4.43. The van der Waals surface area contributed by atoms with Gasteiger partial charge >= 0.3 is 0 Å². The van der Waals surface area contributed by atoms with Crippen LogP contribution in [-0.4, -0.2) is 36.6 Å². The van der Waals surface area contributed by atoms with E-state index in [0.717, 1.165) is 46.2 Å². The van der Waals surface area contributed by atoms with Gasteiger partial charge in [0.2, 0.25) is 0 Å². The van der Waals surface area contributed by atoms with Crippen LogP contribution in [0.25, 0.3) is 39.5 Å². The molecule has 1 aromatic heterocycles. The van der Waals surface area contributed by atoms with Gasteiger partial charge in [-0.15, -0.1) is 5.73 Å². The summed E-state index contributed by atoms with van der Waals surface area (Å²) in [5.74, 6) is 0.0182. The van der Waals surface area contributed by atoms with Crippen molar-refractivity contribution < 1.29 is 19.1 Å². The minimum absolute atomic E-state index is 0.103. The van der Waals surface area contributed by atoms with Crippen LogP contribution < -0.4 is 10.6 Å². The molecule has 4 aromatic rings. The molecule has 0 saturated heterocycles. The molecule has 1 heterocycles. The van der Waals surface area contributed by atoms with E-state index in [0.29, 0.717) is 34.3 Å². The summed E-state index contributed by atoms with van der Waals surface area (Å²) < 4.78 is 6.21. The zero-order chi connectivity index (χ0) is 28.2. The van der Waals surface area contributed by atoms with Gasteiger partial charge in [0.15, 0.2) is 0 Å². The Morgan fingerprint density at radius 3 is 2.45 bits per heavy atom. The van der Waals surface area contributed by atoms with Crippen LogP contribution >= 0.6 is 0 Å². The monoisotopic (exact) mass is 532 g/mol. The molecule has 1 unspecified atom stereocenters. The van der Waals surface area contributed by atoms with Gasteiger partial charge in [-0.1, -0.05) is 62.4 Å². The molecule has 0 aliphatic heterocycles. The van der Waals surface area contributed by atoms with Gasteiger partial charge < -0.3 is 20.2 Å². The smallest absolute Gasteiger partial charge is 0.255 e. The van der Waals surface area contributed by atoms with Crippen LogP contribution in [0.3, 0.4) is 0 Å². The third-order valence-corrected chi connectivity index (χ3v) is 7.07. The number of carbonyl (C=O) groups excluding carboxylic acids is 2. The summed E-state index contributed by atoms with van der Waals surface area (Å²) in [5, 5.41) is 15.9. The van der Waals surface area contributed by atoms with Crippen molar-refractivity contribution in [2.45, 2.75) is 32.2 Å². The van der Waals surface area contributed by atoms with Crippen molar-refractivity contribution in [2.75, 3.05) is 13.7 Å². The Kier molecular flexibility index (Phi) is 7.83. The van der Waals surface area contributed by atoms with Crippen molar-refractivity contribution in [3.05, 3.63) is 107 Å². The zero-order valence-electron chi connectivity index (χ0n) is 22.7. The number of nitrogens with one attached hydrogen (secondary N) is 2. The number of aliphatic hydroxyl groups excluding tert-OH is 1. The SMILES string of the molecule is C=C1CC1=C=Cc1ccc(-c2oc3ccc(-c4cccc(C(=O)NC(CO)CCC)c4)cc3c2C(=O)NC)cc1. The highest BCUT2D eigenvalue weighted by atomic mass is 16.3. The van der Waals surface area contributed by atoms with Crippen molar-refractivity contribution in [3.63, 3.8) is 0 Å².